The third kappa shape index (κ3) is 1.80. The SMILES string of the molecule is Oc1ccc2c(c1-c1ccccn1)Cc1ccc3ccccc3c1-2. The maximum Gasteiger partial charge on any atom is 0.125 e. The largest absolute Gasteiger partial charge is 0.507 e. The van der Waals surface area contributed by atoms with Gasteiger partial charge in [0.15, 0.2) is 0 Å². The summed E-state index contributed by atoms with van der Waals surface area (Å²) in [6.07, 6.45) is 2.60. The molecule has 2 nitrogen and oxygen atoms in total. The maximum absolute atomic E-state index is 10.5. The zero-order chi connectivity index (χ0) is 16.1. The summed E-state index contributed by atoms with van der Waals surface area (Å²) >= 11 is 0. The van der Waals surface area contributed by atoms with Crippen molar-refractivity contribution in [3.8, 4) is 28.1 Å². The van der Waals surface area contributed by atoms with Crippen molar-refractivity contribution in [2.24, 2.45) is 0 Å². The number of nitrogens with zero attached hydrogens (tertiary/aromatic N) is 1. The molecule has 0 amide bonds. The lowest BCUT2D eigenvalue weighted by molar-refractivity contribution is 0.476. The Labute approximate surface area is 140 Å². The number of aromatic nitrogens is 1. The third-order valence-electron chi connectivity index (χ3n) is 4.86. The molecule has 0 saturated heterocycles. The van der Waals surface area contributed by atoms with Crippen LogP contribution in [0.5, 0.6) is 5.75 Å². The van der Waals surface area contributed by atoms with Crippen molar-refractivity contribution >= 4 is 10.8 Å². The van der Waals surface area contributed by atoms with Gasteiger partial charge in [0.1, 0.15) is 5.75 Å². The van der Waals surface area contributed by atoms with Gasteiger partial charge in [-0.15, -0.1) is 0 Å². The topological polar surface area (TPSA) is 33.1 Å². The number of rotatable bonds is 1. The molecular weight excluding hydrogens is 294 g/mol. The Hall–Kier alpha value is -3.13. The Bertz CT molecular complexity index is 1080. The molecule has 1 aromatic heterocycles. The van der Waals surface area contributed by atoms with E-state index in [4.69, 9.17) is 0 Å². The minimum Gasteiger partial charge on any atom is -0.507 e. The summed E-state index contributed by atoms with van der Waals surface area (Å²) in [4.78, 5) is 4.45. The number of phenolic OH excluding ortho intramolecular Hbond substituents is 1. The molecular formula is C22H15NO. The predicted molar refractivity (Wildman–Crippen MR) is 97.1 cm³/mol. The van der Waals surface area contributed by atoms with Crippen molar-refractivity contribution in [1.82, 2.24) is 4.98 Å². The van der Waals surface area contributed by atoms with Crippen LogP contribution in [0.4, 0.5) is 0 Å². The van der Waals surface area contributed by atoms with E-state index in [0.29, 0.717) is 5.75 Å². The highest BCUT2D eigenvalue weighted by atomic mass is 16.3. The lowest BCUT2D eigenvalue weighted by Crippen LogP contribution is -1.91. The molecule has 0 spiro atoms. The molecule has 3 aromatic carbocycles. The van der Waals surface area contributed by atoms with Crippen LogP contribution in [-0.2, 0) is 6.42 Å². The molecule has 24 heavy (non-hydrogen) atoms. The normalized spacial score (nSPS) is 12.2. The van der Waals surface area contributed by atoms with E-state index in [-0.39, 0.29) is 0 Å². The Balaban J connectivity index is 1.84. The van der Waals surface area contributed by atoms with Gasteiger partial charge in [0, 0.05) is 11.8 Å². The summed E-state index contributed by atoms with van der Waals surface area (Å²) < 4.78 is 0. The van der Waals surface area contributed by atoms with Gasteiger partial charge in [-0.2, -0.15) is 0 Å². The van der Waals surface area contributed by atoms with E-state index in [1.165, 1.54) is 33.0 Å². The van der Waals surface area contributed by atoms with Crippen molar-refractivity contribution < 1.29 is 5.11 Å². The predicted octanol–water partition coefficient (Wildman–Crippen LogP) is 5.18. The fraction of sp³-hybridized carbons (Fsp3) is 0.0455. The average Bonchev–Trinajstić information content (AvgIpc) is 3.01. The van der Waals surface area contributed by atoms with Gasteiger partial charge in [-0.1, -0.05) is 48.5 Å². The van der Waals surface area contributed by atoms with Crippen LogP contribution in [-0.4, -0.2) is 10.1 Å². The molecule has 5 rings (SSSR count). The smallest absolute Gasteiger partial charge is 0.125 e. The molecule has 1 aliphatic carbocycles. The Morgan fingerprint density at radius 1 is 0.792 bits per heavy atom. The van der Waals surface area contributed by atoms with Gasteiger partial charge in [-0.3, -0.25) is 4.98 Å². The minimum atomic E-state index is 0.296. The van der Waals surface area contributed by atoms with Crippen LogP contribution in [0, 0.1) is 0 Å². The average molecular weight is 309 g/mol. The third-order valence-corrected chi connectivity index (χ3v) is 4.86. The highest BCUT2D eigenvalue weighted by Gasteiger charge is 2.25. The Morgan fingerprint density at radius 3 is 2.54 bits per heavy atom. The van der Waals surface area contributed by atoms with Crippen molar-refractivity contribution in [2.45, 2.75) is 6.42 Å². The van der Waals surface area contributed by atoms with Gasteiger partial charge < -0.3 is 5.11 Å². The fourth-order valence-electron chi connectivity index (χ4n) is 3.82. The van der Waals surface area contributed by atoms with E-state index < -0.39 is 0 Å². The van der Waals surface area contributed by atoms with Gasteiger partial charge >= 0.3 is 0 Å². The zero-order valence-corrected chi connectivity index (χ0v) is 13.0. The first-order chi connectivity index (χ1) is 11.8. The van der Waals surface area contributed by atoms with E-state index in [1.807, 2.05) is 24.3 Å². The Kier molecular flexibility index (Phi) is 2.74. The molecule has 0 saturated carbocycles. The fourth-order valence-corrected chi connectivity index (χ4v) is 3.82. The summed E-state index contributed by atoms with van der Waals surface area (Å²) in [7, 11) is 0. The molecule has 1 aliphatic rings. The lowest BCUT2D eigenvalue weighted by atomic mass is 9.95. The summed E-state index contributed by atoms with van der Waals surface area (Å²) in [5.74, 6) is 0.296. The second-order valence-corrected chi connectivity index (χ2v) is 6.20. The minimum absolute atomic E-state index is 0.296. The van der Waals surface area contributed by atoms with E-state index in [0.717, 1.165) is 17.7 Å². The standard InChI is InChI=1S/C22H15NO/c24-20-11-10-17-18(22(20)19-7-3-4-12-23-19)13-15-9-8-14-5-1-2-6-16(14)21(15)17/h1-12,24H,13H2. The van der Waals surface area contributed by atoms with Crippen LogP contribution in [0.15, 0.2) is 72.9 Å². The molecule has 0 fully saturated rings. The van der Waals surface area contributed by atoms with Gasteiger partial charge in [0.2, 0.25) is 0 Å². The highest BCUT2D eigenvalue weighted by molar-refractivity contribution is 6.02. The second kappa shape index (κ2) is 4.93. The molecule has 4 aromatic rings. The van der Waals surface area contributed by atoms with E-state index >= 15 is 0 Å². The molecule has 1 N–H and O–H groups in total. The summed E-state index contributed by atoms with van der Waals surface area (Å²) in [5.41, 5.74) is 6.66. The number of hydrogen-bond donors (Lipinski definition) is 1. The molecule has 2 heteroatoms. The quantitative estimate of drug-likeness (QED) is 0.463. The summed E-state index contributed by atoms with van der Waals surface area (Å²) in [5, 5.41) is 13.0. The molecule has 114 valence electrons. The first-order valence-corrected chi connectivity index (χ1v) is 8.10. The first-order valence-electron chi connectivity index (χ1n) is 8.10. The summed E-state index contributed by atoms with van der Waals surface area (Å²) in [6.45, 7) is 0. The maximum atomic E-state index is 10.5. The first kappa shape index (κ1) is 13.3. The van der Waals surface area contributed by atoms with Crippen LogP contribution in [0.25, 0.3) is 33.2 Å². The van der Waals surface area contributed by atoms with Gasteiger partial charge in [-0.25, -0.2) is 0 Å². The monoisotopic (exact) mass is 309 g/mol. The number of phenols is 1. The van der Waals surface area contributed by atoms with Gasteiger partial charge in [0.05, 0.1) is 5.69 Å². The Morgan fingerprint density at radius 2 is 1.67 bits per heavy atom. The lowest BCUT2D eigenvalue weighted by Gasteiger charge is -2.11. The van der Waals surface area contributed by atoms with Crippen molar-refractivity contribution in [2.75, 3.05) is 0 Å². The second-order valence-electron chi connectivity index (χ2n) is 6.20. The van der Waals surface area contributed by atoms with Crippen LogP contribution >= 0.6 is 0 Å². The van der Waals surface area contributed by atoms with E-state index in [2.05, 4.69) is 41.4 Å². The molecule has 0 radical (unpaired) electrons. The molecule has 0 unspecified atom stereocenters. The van der Waals surface area contributed by atoms with Crippen LogP contribution < -0.4 is 0 Å². The molecule has 0 atom stereocenters. The zero-order valence-electron chi connectivity index (χ0n) is 13.0. The van der Waals surface area contributed by atoms with Crippen LogP contribution in [0.3, 0.4) is 0 Å². The van der Waals surface area contributed by atoms with Crippen molar-refractivity contribution in [1.29, 1.82) is 0 Å². The molecule has 1 heterocycles. The number of aromatic hydroxyl groups is 1. The number of fused-ring (bicyclic) bond motifs is 5. The van der Waals surface area contributed by atoms with Crippen molar-refractivity contribution in [3.05, 3.63) is 84.1 Å². The van der Waals surface area contributed by atoms with E-state index in [9.17, 15) is 5.11 Å². The highest BCUT2D eigenvalue weighted by Crippen LogP contribution is 2.47. The van der Waals surface area contributed by atoms with Crippen LogP contribution in [0.1, 0.15) is 11.1 Å². The number of pyridine rings is 1. The van der Waals surface area contributed by atoms with Crippen molar-refractivity contribution in [3.63, 3.8) is 0 Å². The van der Waals surface area contributed by atoms with E-state index in [1.54, 1.807) is 12.3 Å². The van der Waals surface area contributed by atoms with Crippen LogP contribution in [0.2, 0.25) is 0 Å². The molecule has 0 bridgehead atoms. The number of benzene rings is 3. The molecule has 0 aliphatic heterocycles. The van der Waals surface area contributed by atoms with Gasteiger partial charge in [0.25, 0.3) is 0 Å². The van der Waals surface area contributed by atoms with Gasteiger partial charge in [-0.05, 0) is 57.6 Å². The summed E-state index contributed by atoms with van der Waals surface area (Å²) in [6, 6.07) is 22.5. The number of hydrogen-bond acceptors (Lipinski definition) is 2.